The Hall–Kier alpha value is -1.48. The number of rotatable bonds is 6. The average molecular weight is 366 g/mol. The molecule has 0 saturated carbocycles. The van der Waals surface area contributed by atoms with Crippen molar-refractivity contribution >= 4 is 13.8 Å². The van der Waals surface area contributed by atoms with Crippen molar-refractivity contribution in [2.45, 2.75) is 32.7 Å². The second-order valence-corrected chi connectivity index (χ2v) is 5.68. The van der Waals surface area contributed by atoms with Crippen molar-refractivity contribution in [3.63, 3.8) is 0 Å². The summed E-state index contributed by atoms with van der Waals surface area (Å²) in [5, 5.41) is 20.3. The molecule has 0 amide bonds. The minimum Gasteiger partial charge on any atom is -0.508 e. The lowest BCUT2D eigenvalue weighted by atomic mass is 10.1. The molecule has 10 heteroatoms. The molecule has 0 aliphatic carbocycles. The molecule has 0 unspecified atom stereocenters. The van der Waals surface area contributed by atoms with Crippen LogP contribution in [0.2, 0.25) is 0 Å². The van der Waals surface area contributed by atoms with E-state index >= 15 is 0 Å². The molecule has 0 aromatic heterocycles. The van der Waals surface area contributed by atoms with Gasteiger partial charge in [-0.3, -0.25) is 4.79 Å². The fraction of sp³-hybridized carbons (Fsp3) is 0.500. The lowest BCUT2D eigenvalue weighted by Crippen LogP contribution is -2.33. The molecule has 0 fully saturated rings. The summed E-state index contributed by atoms with van der Waals surface area (Å²) >= 11 is 0. The predicted octanol–water partition coefficient (Wildman–Crippen LogP) is 0.424. The Balaban J connectivity index is 0. The first kappa shape index (κ1) is 24.8. The van der Waals surface area contributed by atoms with Gasteiger partial charge in [0.1, 0.15) is 11.8 Å². The highest BCUT2D eigenvalue weighted by Gasteiger charge is 2.06. The normalized spacial score (nSPS) is 11.4. The summed E-state index contributed by atoms with van der Waals surface area (Å²) in [6.45, 7) is 4.87. The van der Waals surface area contributed by atoms with Gasteiger partial charge < -0.3 is 35.9 Å². The van der Waals surface area contributed by atoms with Gasteiger partial charge in [-0.1, -0.05) is 25.1 Å². The quantitative estimate of drug-likeness (QED) is 0.352. The third-order valence-corrected chi connectivity index (χ3v) is 2.52. The summed E-state index contributed by atoms with van der Waals surface area (Å²) in [6, 6.07) is 6.95. The Morgan fingerprint density at radius 1 is 1.29 bits per heavy atom. The Bertz CT molecular complexity index is 499. The smallest absolute Gasteiger partial charge is 0.466 e. The minimum atomic E-state index is -4.64. The molecule has 24 heavy (non-hydrogen) atoms. The lowest BCUT2D eigenvalue weighted by molar-refractivity contribution is -0.138. The van der Waals surface area contributed by atoms with Crippen LogP contribution in [-0.2, 0) is 15.8 Å². The van der Waals surface area contributed by atoms with Crippen LogP contribution in [0.5, 0.6) is 5.75 Å². The largest absolute Gasteiger partial charge is 0.508 e. The molecule has 1 aromatic rings. The molecule has 0 spiro atoms. The third kappa shape index (κ3) is 18.6. The van der Waals surface area contributed by atoms with Gasteiger partial charge in [0, 0.05) is 0 Å². The van der Waals surface area contributed by atoms with Gasteiger partial charge in [0.05, 0.1) is 0 Å². The van der Waals surface area contributed by atoms with Gasteiger partial charge in [-0.05, 0) is 44.5 Å². The number of carboxylic acids is 1. The highest BCUT2D eigenvalue weighted by molar-refractivity contribution is 7.45. The average Bonchev–Trinajstić information content (AvgIpc) is 2.45. The van der Waals surface area contributed by atoms with Crippen molar-refractivity contribution < 1.29 is 34.3 Å². The second-order valence-electron chi connectivity index (χ2n) is 4.65. The maximum atomic E-state index is 10.0. The zero-order valence-corrected chi connectivity index (χ0v) is 14.7. The summed E-state index contributed by atoms with van der Waals surface area (Å²) in [6.07, 6.45) is 1.79. The van der Waals surface area contributed by atoms with Crippen LogP contribution in [0.1, 0.15) is 25.8 Å². The summed E-state index contributed by atoms with van der Waals surface area (Å²) < 4.78 is 8.88. The van der Waals surface area contributed by atoms with Crippen LogP contribution in [0.25, 0.3) is 0 Å². The molecule has 9 nitrogen and oxygen atoms in total. The number of nitrogens with one attached hydrogen (secondary N) is 1. The molecule has 0 saturated heterocycles. The zero-order valence-electron chi connectivity index (χ0n) is 13.8. The van der Waals surface area contributed by atoms with Crippen LogP contribution < -0.4 is 11.1 Å². The number of nitrogens with two attached hydrogens (primary N) is 1. The maximum absolute atomic E-state index is 10.0. The molecule has 0 radical (unpaired) electrons. The summed E-state index contributed by atoms with van der Waals surface area (Å²) in [4.78, 5) is 31.6. The number of likely N-dealkylation sites (N-methyl/N-ethyl adjacent to an activating group) is 1. The second kappa shape index (κ2) is 13.9. The molecule has 0 aliphatic rings. The molecule has 1 atom stereocenters. The molecule has 0 heterocycles. The monoisotopic (exact) mass is 366 g/mol. The predicted molar refractivity (Wildman–Crippen MR) is 90.5 cm³/mol. The van der Waals surface area contributed by atoms with Crippen LogP contribution in [0.15, 0.2) is 24.3 Å². The Kier molecular flexibility index (Phi) is 14.4. The molecule has 1 rings (SSSR count). The Morgan fingerprint density at radius 3 is 2.12 bits per heavy atom. The number of para-hydroxylation sites is 1. The van der Waals surface area contributed by atoms with E-state index in [-0.39, 0.29) is 0 Å². The van der Waals surface area contributed by atoms with Crippen molar-refractivity contribution in [3.8, 4) is 5.75 Å². The van der Waals surface area contributed by atoms with Gasteiger partial charge in [-0.2, -0.15) is 0 Å². The van der Waals surface area contributed by atoms with E-state index in [9.17, 15) is 9.90 Å². The highest BCUT2D eigenvalue weighted by Crippen LogP contribution is 2.25. The Labute approximate surface area is 141 Å². The van der Waals surface area contributed by atoms with Crippen molar-refractivity contribution in [2.24, 2.45) is 5.73 Å². The SMILES string of the molecule is CCN[C@@H](C)C(=O)O.NCCCc1ccccc1O.O=P(O)(O)O. The number of aliphatic carboxylic acids is 1. The Morgan fingerprint density at radius 2 is 1.79 bits per heavy atom. The number of phenols is 1. The van der Waals surface area contributed by atoms with Crippen LogP contribution >= 0.6 is 7.82 Å². The van der Waals surface area contributed by atoms with Crippen LogP contribution in [0, 0.1) is 0 Å². The number of benzene rings is 1. The van der Waals surface area contributed by atoms with Gasteiger partial charge in [-0.25, -0.2) is 4.57 Å². The van der Waals surface area contributed by atoms with E-state index in [2.05, 4.69) is 5.32 Å². The van der Waals surface area contributed by atoms with E-state index < -0.39 is 19.8 Å². The van der Waals surface area contributed by atoms with Gasteiger partial charge in [0.25, 0.3) is 0 Å². The van der Waals surface area contributed by atoms with E-state index in [1.54, 1.807) is 13.0 Å². The van der Waals surface area contributed by atoms with E-state index in [4.69, 9.17) is 30.1 Å². The number of aromatic hydroxyl groups is 1. The first-order valence-corrected chi connectivity index (χ1v) is 8.80. The number of phosphoric acid groups is 1. The molecule has 1 aromatic carbocycles. The van der Waals surface area contributed by atoms with E-state index in [0.29, 0.717) is 18.8 Å². The van der Waals surface area contributed by atoms with Crippen LogP contribution in [0.4, 0.5) is 0 Å². The minimum absolute atomic E-state index is 0.376. The van der Waals surface area contributed by atoms with Gasteiger partial charge in [0.15, 0.2) is 0 Å². The highest BCUT2D eigenvalue weighted by atomic mass is 31.2. The first-order chi connectivity index (χ1) is 11.0. The van der Waals surface area contributed by atoms with E-state index in [1.165, 1.54) is 0 Å². The van der Waals surface area contributed by atoms with Crippen molar-refractivity contribution in [3.05, 3.63) is 29.8 Å². The fourth-order valence-corrected chi connectivity index (χ4v) is 1.41. The number of aryl methyl sites for hydroxylation is 1. The molecular formula is C14H27N2O7P. The van der Waals surface area contributed by atoms with E-state index in [1.807, 2.05) is 25.1 Å². The number of hydrogen-bond donors (Lipinski definition) is 7. The lowest BCUT2D eigenvalue weighted by Gasteiger charge is -2.03. The summed E-state index contributed by atoms with van der Waals surface area (Å²) in [5.41, 5.74) is 6.33. The molecule has 140 valence electrons. The molecular weight excluding hydrogens is 339 g/mol. The van der Waals surface area contributed by atoms with Crippen molar-refractivity contribution in [1.29, 1.82) is 0 Å². The maximum Gasteiger partial charge on any atom is 0.466 e. The van der Waals surface area contributed by atoms with Crippen LogP contribution in [-0.4, -0.2) is 50.0 Å². The standard InChI is InChI=1S/C9H13NO.C5H11NO2.H3O4P/c10-7-3-5-8-4-1-2-6-9(8)11;1-3-6-4(2)5(7)8;1-5(2,3)4/h1-2,4,6,11H,3,5,7,10H2;4,6H,3H2,1-2H3,(H,7,8);(H3,1,2,3,4)/t;4-;/m.0./s1. The number of carboxylic acid groups (broad SMARTS) is 1. The molecule has 8 N–H and O–H groups in total. The van der Waals surface area contributed by atoms with Crippen LogP contribution in [0.3, 0.4) is 0 Å². The number of hydrogen-bond acceptors (Lipinski definition) is 5. The van der Waals surface area contributed by atoms with E-state index in [0.717, 1.165) is 18.4 Å². The van der Waals surface area contributed by atoms with Gasteiger partial charge in [0.2, 0.25) is 0 Å². The number of phenolic OH excluding ortho intramolecular Hbond substituents is 1. The van der Waals surface area contributed by atoms with Gasteiger partial charge >= 0.3 is 13.8 Å². The molecule has 0 aliphatic heterocycles. The van der Waals surface area contributed by atoms with Crippen molar-refractivity contribution in [2.75, 3.05) is 13.1 Å². The summed E-state index contributed by atoms with van der Waals surface area (Å²) in [5.74, 6) is -0.423. The molecule has 0 bridgehead atoms. The van der Waals surface area contributed by atoms with Crippen molar-refractivity contribution in [1.82, 2.24) is 5.32 Å². The fourth-order valence-electron chi connectivity index (χ4n) is 1.41. The first-order valence-electron chi connectivity index (χ1n) is 7.24. The summed E-state index contributed by atoms with van der Waals surface area (Å²) in [7, 11) is -4.64. The zero-order chi connectivity index (χ0) is 19.2. The van der Waals surface area contributed by atoms with Gasteiger partial charge in [-0.15, -0.1) is 0 Å². The topological polar surface area (TPSA) is 173 Å². The third-order valence-electron chi connectivity index (χ3n) is 2.52. The number of carbonyl (C=O) groups is 1.